The van der Waals surface area contributed by atoms with E-state index < -0.39 is 0 Å². The quantitative estimate of drug-likeness (QED) is 0.526. The van der Waals surface area contributed by atoms with Crippen LogP contribution in [-0.2, 0) is 0 Å². The molecule has 0 amide bonds. The summed E-state index contributed by atoms with van der Waals surface area (Å²) < 4.78 is 0. The maximum Gasteiger partial charge on any atom is 0.193 e. The van der Waals surface area contributed by atoms with Crippen LogP contribution in [0.2, 0.25) is 0 Å². The van der Waals surface area contributed by atoms with Crippen LogP contribution in [0.15, 0.2) is 0 Å². The summed E-state index contributed by atoms with van der Waals surface area (Å²) in [5, 5.41) is 8.57. The molecular weight excluding hydrogens is 222 g/mol. The summed E-state index contributed by atoms with van der Waals surface area (Å²) in [5.74, 6) is 3.60. The second kappa shape index (κ2) is 4.14. The summed E-state index contributed by atoms with van der Waals surface area (Å²) >= 11 is 0. The van der Waals surface area contributed by atoms with Crippen molar-refractivity contribution in [1.29, 1.82) is 5.41 Å². The maximum absolute atomic E-state index is 8.57. The van der Waals surface area contributed by atoms with Gasteiger partial charge in [0.1, 0.15) is 0 Å². The van der Waals surface area contributed by atoms with Crippen LogP contribution in [-0.4, -0.2) is 41.4 Å². The Balaban J connectivity index is 1.44. The predicted octanol–water partition coefficient (Wildman–Crippen LogP) is 2.53. The molecular formula is C15H25N3. The fraction of sp³-hybridized carbons (Fsp3) is 0.933. The molecule has 2 aliphatic heterocycles. The molecule has 0 spiro atoms. The molecule has 2 saturated carbocycles. The third kappa shape index (κ3) is 1.59. The van der Waals surface area contributed by atoms with Crippen molar-refractivity contribution in [2.24, 2.45) is 17.8 Å². The van der Waals surface area contributed by atoms with Crippen molar-refractivity contribution in [3.63, 3.8) is 0 Å². The molecule has 3 nitrogen and oxygen atoms in total. The van der Waals surface area contributed by atoms with Crippen LogP contribution in [0.5, 0.6) is 0 Å². The number of fused-ring (bicyclic) bond motifs is 2. The molecule has 4 atom stereocenters. The van der Waals surface area contributed by atoms with E-state index in [9.17, 15) is 0 Å². The largest absolute Gasteiger partial charge is 0.342 e. The van der Waals surface area contributed by atoms with E-state index >= 15 is 0 Å². The Morgan fingerprint density at radius 2 is 1.50 bits per heavy atom. The van der Waals surface area contributed by atoms with E-state index in [-0.39, 0.29) is 0 Å². The van der Waals surface area contributed by atoms with Crippen LogP contribution in [0.25, 0.3) is 0 Å². The lowest BCUT2D eigenvalue weighted by Crippen LogP contribution is -2.45. The van der Waals surface area contributed by atoms with E-state index in [1.807, 2.05) is 0 Å². The van der Waals surface area contributed by atoms with E-state index in [4.69, 9.17) is 5.41 Å². The molecule has 0 aromatic carbocycles. The maximum atomic E-state index is 8.57. The fourth-order valence-electron chi connectivity index (χ4n) is 5.09. The summed E-state index contributed by atoms with van der Waals surface area (Å²) in [6, 6.07) is 0.720. The van der Waals surface area contributed by atoms with Gasteiger partial charge in [-0.1, -0.05) is 12.8 Å². The zero-order chi connectivity index (χ0) is 12.1. The third-order valence-corrected chi connectivity index (χ3v) is 6.06. The molecule has 18 heavy (non-hydrogen) atoms. The van der Waals surface area contributed by atoms with E-state index in [1.54, 1.807) is 0 Å². The van der Waals surface area contributed by atoms with Gasteiger partial charge < -0.3 is 9.80 Å². The zero-order valence-electron chi connectivity index (χ0n) is 11.3. The van der Waals surface area contributed by atoms with Gasteiger partial charge in [-0.25, -0.2) is 0 Å². The minimum atomic E-state index is 0.720. The molecule has 4 fully saturated rings. The van der Waals surface area contributed by atoms with Crippen LogP contribution in [0, 0.1) is 23.2 Å². The lowest BCUT2D eigenvalue weighted by Gasteiger charge is -2.32. The second-order valence-corrected chi connectivity index (χ2v) is 6.92. The fourth-order valence-corrected chi connectivity index (χ4v) is 5.09. The Morgan fingerprint density at radius 1 is 0.833 bits per heavy atom. The van der Waals surface area contributed by atoms with Gasteiger partial charge in [0.25, 0.3) is 0 Å². The lowest BCUT2D eigenvalue weighted by molar-refractivity contribution is 0.301. The highest BCUT2D eigenvalue weighted by molar-refractivity contribution is 5.78. The van der Waals surface area contributed by atoms with Crippen LogP contribution in [0.4, 0.5) is 0 Å². The molecule has 0 radical (unpaired) electrons. The van der Waals surface area contributed by atoms with E-state index in [0.29, 0.717) is 0 Å². The molecule has 4 aliphatic rings. The summed E-state index contributed by atoms with van der Waals surface area (Å²) in [6.07, 6.45) is 9.76. The first kappa shape index (κ1) is 11.1. The Labute approximate surface area is 110 Å². The second-order valence-electron chi connectivity index (χ2n) is 6.92. The van der Waals surface area contributed by atoms with Crippen molar-refractivity contribution in [2.45, 2.75) is 51.0 Å². The smallest absolute Gasteiger partial charge is 0.193 e. The highest BCUT2D eigenvalue weighted by Gasteiger charge is 2.43. The van der Waals surface area contributed by atoms with Crippen LogP contribution < -0.4 is 0 Å². The molecule has 4 rings (SSSR count). The molecule has 2 saturated heterocycles. The molecule has 0 bridgehead atoms. The minimum Gasteiger partial charge on any atom is -0.342 e. The first-order valence-electron chi connectivity index (χ1n) is 7.93. The first-order valence-corrected chi connectivity index (χ1v) is 7.93. The molecule has 3 heteroatoms. The Kier molecular flexibility index (Phi) is 2.56. The minimum absolute atomic E-state index is 0.720. The van der Waals surface area contributed by atoms with E-state index in [2.05, 4.69) is 9.80 Å². The van der Waals surface area contributed by atoms with E-state index in [0.717, 1.165) is 36.3 Å². The average Bonchev–Trinajstić information content (AvgIpc) is 3.07. The first-order chi connectivity index (χ1) is 8.83. The number of nitrogens with one attached hydrogen (secondary N) is 1. The monoisotopic (exact) mass is 247 g/mol. The van der Waals surface area contributed by atoms with Gasteiger partial charge in [0.2, 0.25) is 0 Å². The number of hydrogen-bond donors (Lipinski definition) is 1. The predicted molar refractivity (Wildman–Crippen MR) is 72.6 cm³/mol. The molecule has 2 aliphatic carbocycles. The highest BCUT2D eigenvalue weighted by atomic mass is 15.4. The molecule has 1 N–H and O–H groups in total. The number of rotatable bonds is 0. The molecule has 0 aromatic heterocycles. The van der Waals surface area contributed by atoms with Crippen molar-refractivity contribution >= 4 is 5.96 Å². The highest BCUT2D eigenvalue weighted by Crippen LogP contribution is 2.41. The van der Waals surface area contributed by atoms with Crippen molar-refractivity contribution in [3.05, 3.63) is 0 Å². The van der Waals surface area contributed by atoms with Crippen molar-refractivity contribution in [1.82, 2.24) is 9.80 Å². The van der Waals surface area contributed by atoms with Gasteiger partial charge in [0.05, 0.1) is 0 Å². The Hall–Kier alpha value is -0.730. The van der Waals surface area contributed by atoms with Gasteiger partial charge in [-0.2, -0.15) is 0 Å². The van der Waals surface area contributed by atoms with Gasteiger partial charge in [0.15, 0.2) is 5.96 Å². The topological polar surface area (TPSA) is 30.3 Å². The summed E-state index contributed by atoms with van der Waals surface area (Å²) in [4.78, 5) is 4.84. The Bertz CT molecular complexity index is 342. The standard InChI is InChI=1S/C15H25N3/c16-15(17-9-12-4-1-5-13(12)10-17)18-8-7-11-3-2-6-14(11)18/h11-14,16H,1-10H2. The zero-order valence-corrected chi connectivity index (χ0v) is 11.3. The van der Waals surface area contributed by atoms with Gasteiger partial charge >= 0.3 is 0 Å². The van der Waals surface area contributed by atoms with Gasteiger partial charge in [0, 0.05) is 25.7 Å². The number of guanidine groups is 1. The number of hydrogen-bond acceptors (Lipinski definition) is 1. The van der Waals surface area contributed by atoms with Gasteiger partial charge in [-0.3, -0.25) is 5.41 Å². The summed E-state index contributed by atoms with van der Waals surface area (Å²) in [7, 11) is 0. The van der Waals surface area contributed by atoms with Crippen molar-refractivity contribution < 1.29 is 0 Å². The molecule has 4 unspecified atom stereocenters. The molecule has 0 aromatic rings. The van der Waals surface area contributed by atoms with Gasteiger partial charge in [-0.15, -0.1) is 0 Å². The lowest BCUT2D eigenvalue weighted by atomic mass is 10.0. The van der Waals surface area contributed by atoms with Crippen LogP contribution in [0.1, 0.15) is 44.9 Å². The third-order valence-electron chi connectivity index (χ3n) is 6.06. The van der Waals surface area contributed by atoms with E-state index in [1.165, 1.54) is 58.0 Å². The summed E-state index contributed by atoms with van der Waals surface area (Å²) in [6.45, 7) is 3.51. The van der Waals surface area contributed by atoms with Crippen molar-refractivity contribution in [2.75, 3.05) is 19.6 Å². The summed E-state index contributed by atoms with van der Waals surface area (Å²) in [5.41, 5.74) is 0. The average molecular weight is 247 g/mol. The van der Waals surface area contributed by atoms with Crippen LogP contribution in [0.3, 0.4) is 0 Å². The number of nitrogens with zero attached hydrogens (tertiary/aromatic N) is 2. The van der Waals surface area contributed by atoms with Crippen LogP contribution >= 0.6 is 0 Å². The molecule has 2 heterocycles. The van der Waals surface area contributed by atoms with Crippen molar-refractivity contribution in [3.8, 4) is 0 Å². The number of likely N-dealkylation sites (tertiary alicyclic amines) is 2. The SMILES string of the molecule is N=C(N1CC2CCCC2C1)N1CCC2CCCC21. The molecule has 100 valence electrons. The Morgan fingerprint density at radius 3 is 2.28 bits per heavy atom. The normalized spacial score (nSPS) is 42.4. The van der Waals surface area contributed by atoms with Gasteiger partial charge in [-0.05, 0) is 49.9 Å².